The van der Waals surface area contributed by atoms with E-state index >= 15 is 0 Å². The summed E-state index contributed by atoms with van der Waals surface area (Å²) in [7, 11) is 0. The van der Waals surface area contributed by atoms with Gasteiger partial charge in [0, 0.05) is 15.2 Å². The van der Waals surface area contributed by atoms with Crippen LogP contribution in [0.3, 0.4) is 0 Å². The number of aldehydes is 1. The second-order valence-corrected chi connectivity index (χ2v) is 3.21. The van der Waals surface area contributed by atoms with Crippen LogP contribution in [0.2, 0.25) is 0 Å². The van der Waals surface area contributed by atoms with Crippen LogP contribution in [0, 0.1) is 0 Å². The molecular formula is C6H3BrO2S. The first-order chi connectivity index (χ1) is 4.75. The monoisotopic (exact) mass is 218 g/mol. The molecule has 52 valence electrons. The molecule has 0 aliphatic heterocycles. The fourth-order valence-corrected chi connectivity index (χ4v) is 2.00. The lowest BCUT2D eigenvalue weighted by Crippen LogP contribution is -1.97. The number of Topliss-reactive ketones (excluding diaryl/α,β-unsaturated/α-hetero) is 1. The van der Waals surface area contributed by atoms with Crippen LogP contribution in [0.5, 0.6) is 0 Å². The van der Waals surface area contributed by atoms with Crippen molar-refractivity contribution in [1.82, 2.24) is 0 Å². The third kappa shape index (κ3) is 1.33. The van der Waals surface area contributed by atoms with Crippen LogP contribution in [0.4, 0.5) is 0 Å². The van der Waals surface area contributed by atoms with Crippen molar-refractivity contribution in [3.8, 4) is 0 Å². The van der Waals surface area contributed by atoms with E-state index < -0.39 is 5.78 Å². The van der Waals surface area contributed by atoms with Gasteiger partial charge in [0.2, 0.25) is 5.78 Å². The highest BCUT2D eigenvalue weighted by molar-refractivity contribution is 9.10. The first-order valence-corrected chi connectivity index (χ1v) is 4.20. The molecule has 0 amide bonds. The molecule has 0 aliphatic carbocycles. The number of carbonyl (C=O) groups excluding carboxylic acids is 2. The van der Waals surface area contributed by atoms with Gasteiger partial charge in [-0.2, -0.15) is 11.3 Å². The number of carbonyl (C=O) groups is 2. The van der Waals surface area contributed by atoms with Crippen LogP contribution in [0.1, 0.15) is 10.4 Å². The van der Waals surface area contributed by atoms with Crippen molar-refractivity contribution in [1.29, 1.82) is 0 Å². The van der Waals surface area contributed by atoms with E-state index in [4.69, 9.17) is 0 Å². The van der Waals surface area contributed by atoms with Crippen LogP contribution in [0.15, 0.2) is 15.2 Å². The van der Waals surface area contributed by atoms with E-state index in [9.17, 15) is 9.59 Å². The molecule has 0 atom stereocenters. The summed E-state index contributed by atoms with van der Waals surface area (Å²) in [5, 5.41) is 3.40. The molecule has 1 aromatic rings. The van der Waals surface area contributed by atoms with E-state index in [0.29, 0.717) is 16.3 Å². The first-order valence-electron chi connectivity index (χ1n) is 2.47. The predicted molar refractivity (Wildman–Crippen MR) is 42.4 cm³/mol. The number of thiophene rings is 1. The topological polar surface area (TPSA) is 34.1 Å². The van der Waals surface area contributed by atoms with Gasteiger partial charge in [-0.1, -0.05) is 0 Å². The Hall–Kier alpha value is -0.480. The molecular weight excluding hydrogens is 216 g/mol. The summed E-state index contributed by atoms with van der Waals surface area (Å²) < 4.78 is 0.689. The lowest BCUT2D eigenvalue weighted by molar-refractivity contribution is -0.104. The maximum atomic E-state index is 10.7. The molecule has 2 nitrogen and oxygen atoms in total. The summed E-state index contributed by atoms with van der Waals surface area (Å²) in [5.41, 5.74) is 0.444. The lowest BCUT2D eigenvalue weighted by Gasteiger charge is -1.85. The third-order valence-electron chi connectivity index (χ3n) is 0.987. The Balaban J connectivity index is 3.04. The minimum atomic E-state index is -0.479. The smallest absolute Gasteiger partial charge is 0.227 e. The maximum Gasteiger partial charge on any atom is 0.227 e. The standard InChI is InChI=1S/C6H3BrO2S/c7-5-3-10-2-4(5)6(9)1-8/h1-3H. The van der Waals surface area contributed by atoms with Gasteiger partial charge in [0.05, 0.1) is 5.56 Å². The van der Waals surface area contributed by atoms with Crippen LogP contribution in [-0.4, -0.2) is 12.1 Å². The lowest BCUT2D eigenvalue weighted by atomic mass is 10.2. The SMILES string of the molecule is O=CC(=O)c1cscc1Br. The Bertz CT molecular complexity index is 266. The molecule has 0 N–H and O–H groups in total. The van der Waals surface area contributed by atoms with Gasteiger partial charge in [0.1, 0.15) is 0 Å². The average molecular weight is 219 g/mol. The normalized spacial score (nSPS) is 9.30. The van der Waals surface area contributed by atoms with Gasteiger partial charge >= 0.3 is 0 Å². The zero-order valence-corrected chi connectivity index (χ0v) is 7.24. The highest BCUT2D eigenvalue weighted by Gasteiger charge is 2.08. The molecule has 0 aliphatic rings. The van der Waals surface area contributed by atoms with Gasteiger partial charge in [-0.25, -0.2) is 0 Å². The van der Waals surface area contributed by atoms with Crippen LogP contribution < -0.4 is 0 Å². The molecule has 1 aromatic heterocycles. The van der Waals surface area contributed by atoms with Crippen molar-refractivity contribution in [3.05, 3.63) is 20.8 Å². The molecule has 0 radical (unpaired) electrons. The van der Waals surface area contributed by atoms with Gasteiger partial charge < -0.3 is 0 Å². The quantitative estimate of drug-likeness (QED) is 0.432. The van der Waals surface area contributed by atoms with Crippen molar-refractivity contribution in [2.75, 3.05) is 0 Å². The van der Waals surface area contributed by atoms with Gasteiger partial charge in [-0.3, -0.25) is 9.59 Å². The van der Waals surface area contributed by atoms with Crippen molar-refractivity contribution in [2.24, 2.45) is 0 Å². The average Bonchev–Trinajstić information content (AvgIpc) is 2.34. The van der Waals surface area contributed by atoms with Gasteiger partial charge in [0.25, 0.3) is 0 Å². The molecule has 10 heavy (non-hydrogen) atoms. The summed E-state index contributed by atoms with van der Waals surface area (Å²) in [4.78, 5) is 20.7. The van der Waals surface area contributed by atoms with Gasteiger partial charge in [-0.05, 0) is 15.9 Å². The van der Waals surface area contributed by atoms with Crippen molar-refractivity contribution < 1.29 is 9.59 Å². The Morgan fingerprint density at radius 1 is 1.60 bits per heavy atom. The minimum absolute atomic E-state index is 0.312. The molecule has 0 bridgehead atoms. The van der Waals surface area contributed by atoms with E-state index in [1.807, 2.05) is 0 Å². The highest BCUT2D eigenvalue weighted by Crippen LogP contribution is 2.20. The summed E-state index contributed by atoms with van der Waals surface area (Å²) in [6, 6.07) is 0. The summed E-state index contributed by atoms with van der Waals surface area (Å²) in [6.07, 6.45) is 0.312. The molecule has 1 rings (SSSR count). The zero-order valence-electron chi connectivity index (χ0n) is 4.83. The van der Waals surface area contributed by atoms with Crippen molar-refractivity contribution in [3.63, 3.8) is 0 Å². The van der Waals surface area contributed by atoms with Crippen LogP contribution in [-0.2, 0) is 4.79 Å². The zero-order chi connectivity index (χ0) is 7.56. The van der Waals surface area contributed by atoms with Crippen molar-refractivity contribution in [2.45, 2.75) is 0 Å². The Morgan fingerprint density at radius 3 is 2.70 bits per heavy atom. The van der Waals surface area contributed by atoms with Crippen LogP contribution in [0.25, 0.3) is 0 Å². The number of hydrogen-bond acceptors (Lipinski definition) is 3. The summed E-state index contributed by atoms with van der Waals surface area (Å²) >= 11 is 4.52. The number of rotatable bonds is 2. The Labute approximate surface area is 70.0 Å². The Morgan fingerprint density at radius 2 is 2.30 bits per heavy atom. The Kier molecular flexibility index (Phi) is 2.34. The van der Waals surface area contributed by atoms with E-state index in [1.165, 1.54) is 11.3 Å². The molecule has 0 unspecified atom stereocenters. The molecule has 0 saturated carbocycles. The minimum Gasteiger partial charge on any atom is -0.294 e. The fourth-order valence-electron chi connectivity index (χ4n) is 0.521. The fraction of sp³-hybridized carbons (Fsp3) is 0. The second-order valence-electron chi connectivity index (χ2n) is 1.62. The van der Waals surface area contributed by atoms with E-state index in [0.717, 1.165) is 0 Å². The first kappa shape index (κ1) is 7.63. The largest absolute Gasteiger partial charge is 0.294 e. The predicted octanol–water partition coefficient (Wildman–Crippen LogP) is 1.89. The molecule has 4 heteroatoms. The second kappa shape index (κ2) is 3.07. The van der Waals surface area contributed by atoms with Crippen LogP contribution >= 0.6 is 27.3 Å². The number of hydrogen-bond donors (Lipinski definition) is 0. The molecule has 0 saturated heterocycles. The summed E-state index contributed by atoms with van der Waals surface area (Å²) in [6.45, 7) is 0. The summed E-state index contributed by atoms with van der Waals surface area (Å²) in [5.74, 6) is -0.479. The molecule has 0 spiro atoms. The molecule has 1 heterocycles. The third-order valence-corrected chi connectivity index (χ3v) is 2.69. The highest BCUT2D eigenvalue weighted by atomic mass is 79.9. The van der Waals surface area contributed by atoms with E-state index in [-0.39, 0.29) is 0 Å². The van der Waals surface area contributed by atoms with Gasteiger partial charge in [0.15, 0.2) is 6.29 Å². The maximum absolute atomic E-state index is 10.7. The number of halogens is 1. The van der Waals surface area contributed by atoms with Crippen molar-refractivity contribution >= 4 is 39.3 Å². The van der Waals surface area contributed by atoms with E-state index in [2.05, 4.69) is 15.9 Å². The van der Waals surface area contributed by atoms with E-state index in [1.54, 1.807) is 10.8 Å². The number of ketones is 1. The molecule has 0 fully saturated rings. The van der Waals surface area contributed by atoms with Gasteiger partial charge in [-0.15, -0.1) is 0 Å². The molecule has 0 aromatic carbocycles.